The minimum atomic E-state index is -0.971. The second-order valence-electron chi connectivity index (χ2n) is 6.42. The SMILES string of the molecule is COc1cc(F)c(F)cc1/C=C/C(C)NC(=O)CCc1nc2ccccc2[nH]1. The third-order valence-electron chi connectivity index (χ3n) is 4.25. The maximum absolute atomic E-state index is 13.4. The standard InChI is InChI=1S/C21H21F2N3O2/c1-13(7-8-14-11-15(22)16(23)12-19(14)28-2)24-21(27)10-9-20-25-17-5-3-4-6-18(17)26-20/h3-8,11-13H,9-10H2,1-2H3,(H,24,27)(H,25,26)/b8-7+. The molecule has 0 aliphatic carbocycles. The van der Waals surface area contributed by atoms with Crippen molar-refractivity contribution in [3.8, 4) is 5.75 Å². The molecule has 0 fully saturated rings. The molecular weight excluding hydrogens is 364 g/mol. The largest absolute Gasteiger partial charge is 0.496 e. The van der Waals surface area contributed by atoms with E-state index in [1.165, 1.54) is 7.11 Å². The van der Waals surface area contributed by atoms with Crippen LogP contribution in [0.4, 0.5) is 8.78 Å². The van der Waals surface area contributed by atoms with Crippen LogP contribution >= 0.6 is 0 Å². The van der Waals surface area contributed by atoms with Crippen molar-refractivity contribution in [1.29, 1.82) is 0 Å². The summed E-state index contributed by atoms with van der Waals surface area (Å²) in [5, 5.41) is 2.84. The fraction of sp³-hybridized carbons (Fsp3) is 0.238. The maximum atomic E-state index is 13.4. The molecule has 7 heteroatoms. The van der Waals surface area contributed by atoms with E-state index in [0.717, 1.165) is 29.0 Å². The number of H-pyrrole nitrogens is 1. The smallest absolute Gasteiger partial charge is 0.220 e. The van der Waals surface area contributed by atoms with Gasteiger partial charge in [-0.3, -0.25) is 4.79 Å². The molecule has 146 valence electrons. The van der Waals surface area contributed by atoms with E-state index in [1.807, 2.05) is 24.3 Å². The zero-order chi connectivity index (χ0) is 20.1. The minimum absolute atomic E-state index is 0.130. The Balaban J connectivity index is 1.55. The van der Waals surface area contributed by atoms with Crippen LogP contribution in [0, 0.1) is 11.6 Å². The molecule has 28 heavy (non-hydrogen) atoms. The van der Waals surface area contributed by atoms with E-state index in [4.69, 9.17) is 4.74 Å². The lowest BCUT2D eigenvalue weighted by Gasteiger charge is -2.10. The van der Waals surface area contributed by atoms with E-state index < -0.39 is 11.6 Å². The molecule has 0 saturated heterocycles. The molecule has 3 rings (SSSR count). The lowest BCUT2D eigenvalue weighted by atomic mass is 10.1. The normalized spacial score (nSPS) is 12.4. The predicted molar refractivity (Wildman–Crippen MR) is 104 cm³/mol. The van der Waals surface area contributed by atoms with Gasteiger partial charge in [-0.25, -0.2) is 13.8 Å². The van der Waals surface area contributed by atoms with Crippen molar-refractivity contribution >= 4 is 23.0 Å². The van der Waals surface area contributed by atoms with E-state index in [1.54, 1.807) is 19.1 Å². The average molecular weight is 385 g/mol. The van der Waals surface area contributed by atoms with Crippen LogP contribution in [0.5, 0.6) is 5.75 Å². The van der Waals surface area contributed by atoms with E-state index in [9.17, 15) is 13.6 Å². The first-order chi connectivity index (χ1) is 13.5. The molecule has 1 amide bonds. The first-order valence-electron chi connectivity index (χ1n) is 8.90. The highest BCUT2D eigenvalue weighted by Gasteiger charge is 2.10. The van der Waals surface area contributed by atoms with E-state index in [2.05, 4.69) is 15.3 Å². The van der Waals surface area contributed by atoms with Gasteiger partial charge in [0, 0.05) is 30.5 Å². The number of carbonyl (C=O) groups is 1. The number of aromatic nitrogens is 2. The molecule has 0 aliphatic rings. The number of rotatable bonds is 7. The lowest BCUT2D eigenvalue weighted by molar-refractivity contribution is -0.121. The Labute approximate surface area is 161 Å². The van der Waals surface area contributed by atoms with Crippen molar-refractivity contribution < 1.29 is 18.3 Å². The van der Waals surface area contributed by atoms with Gasteiger partial charge in [0.2, 0.25) is 5.91 Å². The first-order valence-corrected chi connectivity index (χ1v) is 8.90. The Kier molecular flexibility index (Phi) is 6.03. The van der Waals surface area contributed by atoms with Gasteiger partial charge in [0.1, 0.15) is 11.6 Å². The number of hydrogen-bond donors (Lipinski definition) is 2. The molecule has 0 spiro atoms. The summed E-state index contributed by atoms with van der Waals surface area (Å²) in [5.41, 5.74) is 2.20. The molecule has 3 aromatic rings. The summed E-state index contributed by atoms with van der Waals surface area (Å²) in [6.07, 6.45) is 4.06. The molecule has 5 nitrogen and oxygen atoms in total. The van der Waals surface area contributed by atoms with Crippen LogP contribution in [0.15, 0.2) is 42.5 Å². The van der Waals surface area contributed by atoms with Crippen molar-refractivity contribution in [3.63, 3.8) is 0 Å². The van der Waals surface area contributed by atoms with Gasteiger partial charge in [0.15, 0.2) is 11.6 Å². The number of nitrogens with one attached hydrogen (secondary N) is 2. The highest BCUT2D eigenvalue weighted by atomic mass is 19.2. The number of benzene rings is 2. The summed E-state index contributed by atoms with van der Waals surface area (Å²) in [4.78, 5) is 19.8. The number of aryl methyl sites for hydroxylation is 1. The first kappa shape index (κ1) is 19.5. The van der Waals surface area contributed by atoms with Crippen LogP contribution in [0.1, 0.15) is 24.7 Å². The number of amides is 1. The van der Waals surface area contributed by atoms with Crippen LogP contribution in [-0.2, 0) is 11.2 Å². The lowest BCUT2D eigenvalue weighted by Crippen LogP contribution is -2.31. The summed E-state index contributed by atoms with van der Waals surface area (Å²) in [7, 11) is 1.38. The summed E-state index contributed by atoms with van der Waals surface area (Å²) >= 11 is 0. The second kappa shape index (κ2) is 8.65. The topological polar surface area (TPSA) is 67.0 Å². The number of aromatic amines is 1. The maximum Gasteiger partial charge on any atom is 0.220 e. The molecule has 1 unspecified atom stereocenters. The Morgan fingerprint density at radius 3 is 2.79 bits per heavy atom. The highest BCUT2D eigenvalue weighted by molar-refractivity contribution is 5.77. The van der Waals surface area contributed by atoms with Crippen molar-refractivity contribution in [1.82, 2.24) is 15.3 Å². The van der Waals surface area contributed by atoms with Gasteiger partial charge in [-0.1, -0.05) is 24.3 Å². The molecule has 1 heterocycles. The number of methoxy groups -OCH3 is 1. The van der Waals surface area contributed by atoms with Gasteiger partial charge in [-0.05, 0) is 25.1 Å². The summed E-state index contributed by atoms with van der Waals surface area (Å²) in [5.74, 6) is -1.08. The van der Waals surface area contributed by atoms with Crippen molar-refractivity contribution in [2.75, 3.05) is 7.11 Å². The van der Waals surface area contributed by atoms with Gasteiger partial charge in [0.25, 0.3) is 0 Å². The van der Waals surface area contributed by atoms with Gasteiger partial charge < -0.3 is 15.0 Å². The Bertz CT molecular complexity index is 981. The van der Waals surface area contributed by atoms with Crippen LogP contribution in [0.2, 0.25) is 0 Å². The van der Waals surface area contributed by atoms with Crippen molar-refractivity contribution in [2.24, 2.45) is 0 Å². The number of hydrogen-bond acceptors (Lipinski definition) is 3. The zero-order valence-electron chi connectivity index (χ0n) is 15.6. The molecule has 1 aromatic heterocycles. The van der Waals surface area contributed by atoms with Crippen LogP contribution in [0.25, 0.3) is 17.1 Å². The number of fused-ring (bicyclic) bond motifs is 1. The molecule has 0 bridgehead atoms. The van der Waals surface area contributed by atoms with Gasteiger partial charge in [0.05, 0.1) is 18.1 Å². The van der Waals surface area contributed by atoms with Crippen molar-refractivity contribution in [3.05, 3.63) is 65.5 Å². The number of nitrogens with zero attached hydrogens (tertiary/aromatic N) is 1. The van der Waals surface area contributed by atoms with Gasteiger partial charge in [-0.2, -0.15) is 0 Å². The Hall–Kier alpha value is -3.22. The predicted octanol–water partition coefficient (Wildman–Crippen LogP) is 4.00. The fourth-order valence-corrected chi connectivity index (χ4v) is 2.83. The number of carbonyl (C=O) groups excluding carboxylic acids is 1. The molecule has 0 radical (unpaired) electrons. The minimum Gasteiger partial charge on any atom is -0.496 e. The fourth-order valence-electron chi connectivity index (χ4n) is 2.83. The molecule has 2 aromatic carbocycles. The number of halogens is 2. The third-order valence-corrected chi connectivity index (χ3v) is 4.25. The summed E-state index contributed by atoms with van der Waals surface area (Å²) < 4.78 is 31.7. The quantitative estimate of drug-likeness (QED) is 0.646. The molecule has 1 atom stereocenters. The molecular formula is C21H21F2N3O2. The van der Waals surface area contributed by atoms with Crippen LogP contribution in [-0.4, -0.2) is 29.0 Å². The molecule has 2 N–H and O–H groups in total. The number of ether oxygens (including phenoxy) is 1. The van der Waals surface area contributed by atoms with Gasteiger partial charge in [-0.15, -0.1) is 0 Å². The van der Waals surface area contributed by atoms with Crippen LogP contribution in [0.3, 0.4) is 0 Å². The Morgan fingerprint density at radius 1 is 1.29 bits per heavy atom. The third kappa shape index (κ3) is 4.73. The molecule has 0 saturated carbocycles. The van der Waals surface area contributed by atoms with E-state index in [-0.39, 0.29) is 24.1 Å². The van der Waals surface area contributed by atoms with Gasteiger partial charge >= 0.3 is 0 Å². The summed E-state index contributed by atoms with van der Waals surface area (Å²) in [6.45, 7) is 1.79. The summed E-state index contributed by atoms with van der Waals surface area (Å²) in [6, 6.07) is 9.44. The zero-order valence-corrected chi connectivity index (χ0v) is 15.6. The monoisotopic (exact) mass is 385 g/mol. The van der Waals surface area contributed by atoms with Crippen LogP contribution < -0.4 is 10.1 Å². The molecule has 0 aliphatic heterocycles. The number of para-hydroxylation sites is 2. The average Bonchev–Trinajstić information content (AvgIpc) is 3.10. The number of imidazole rings is 1. The van der Waals surface area contributed by atoms with Crippen molar-refractivity contribution in [2.45, 2.75) is 25.8 Å². The van der Waals surface area contributed by atoms with E-state index in [0.29, 0.717) is 12.0 Å². The van der Waals surface area contributed by atoms with E-state index >= 15 is 0 Å². The second-order valence-corrected chi connectivity index (χ2v) is 6.42. The highest BCUT2D eigenvalue weighted by Crippen LogP contribution is 2.23. The Morgan fingerprint density at radius 2 is 2.04 bits per heavy atom.